The summed E-state index contributed by atoms with van der Waals surface area (Å²) in [5, 5.41) is 13.9. The quantitative estimate of drug-likeness (QED) is 0.0272. The molecule has 8 nitrogen and oxygen atoms in total. The van der Waals surface area contributed by atoms with E-state index in [0.29, 0.717) is 17.4 Å². The minimum absolute atomic E-state index is 0.00166. The van der Waals surface area contributed by atoms with Gasteiger partial charge in [0.1, 0.15) is 13.2 Å². The van der Waals surface area contributed by atoms with E-state index in [1.54, 1.807) is 6.08 Å². The van der Waals surface area contributed by atoms with Gasteiger partial charge < -0.3 is 28.8 Å². The number of hydrogen-bond acceptors (Lipinski definition) is 6. The van der Waals surface area contributed by atoms with E-state index < -0.39 is 20.0 Å². The number of nitrogens with zero attached hydrogens (tertiary/aromatic N) is 1. The van der Waals surface area contributed by atoms with Gasteiger partial charge in [-0.2, -0.15) is 0 Å². The Morgan fingerprint density at radius 3 is 1.24 bits per heavy atom. The predicted molar refractivity (Wildman–Crippen MR) is 293 cm³/mol. The second kappa shape index (κ2) is 50.4. The average Bonchev–Trinajstić information content (AvgIpc) is 3.30. The van der Waals surface area contributed by atoms with E-state index in [2.05, 4.69) is 55.6 Å². The maximum Gasteiger partial charge on any atom is 0.268 e. The van der Waals surface area contributed by atoms with Crippen LogP contribution in [0, 0.1) is 0 Å². The number of aliphatic hydroxyl groups is 1. The average molecular weight is 978 g/mol. The molecule has 0 aromatic rings. The first-order valence-corrected chi connectivity index (χ1v) is 30.5. The fraction of sp³-hybridized carbons (Fsp3) is 0.847. The summed E-state index contributed by atoms with van der Waals surface area (Å²) in [5.74, 6) is -0.198. The molecule has 9 heteroatoms. The zero-order valence-corrected chi connectivity index (χ0v) is 46.5. The molecule has 2 N–H and O–H groups in total. The maximum atomic E-state index is 13.0. The molecule has 400 valence electrons. The van der Waals surface area contributed by atoms with Crippen molar-refractivity contribution in [2.45, 2.75) is 283 Å². The molecular formula is C59H113N2O6P. The van der Waals surface area contributed by atoms with Crippen LogP contribution in [0.3, 0.4) is 0 Å². The van der Waals surface area contributed by atoms with Gasteiger partial charge in [0.25, 0.3) is 7.82 Å². The summed E-state index contributed by atoms with van der Waals surface area (Å²) in [5.41, 5.74) is 0. The predicted octanol–water partition coefficient (Wildman–Crippen LogP) is 16.9. The van der Waals surface area contributed by atoms with Gasteiger partial charge in [0.05, 0.1) is 39.9 Å². The summed E-state index contributed by atoms with van der Waals surface area (Å²) >= 11 is 0. The first-order valence-electron chi connectivity index (χ1n) is 29.0. The molecule has 0 heterocycles. The maximum absolute atomic E-state index is 13.0. The van der Waals surface area contributed by atoms with Gasteiger partial charge in [-0.25, -0.2) is 0 Å². The van der Waals surface area contributed by atoms with Crippen molar-refractivity contribution in [3.63, 3.8) is 0 Å². The number of allylic oxidation sites excluding steroid dienone is 7. The normalized spacial score (nSPS) is 14.3. The van der Waals surface area contributed by atoms with Gasteiger partial charge in [-0.05, 0) is 57.8 Å². The smallest absolute Gasteiger partial charge is 0.268 e. The molecular weight excluding hydrogens is 864 g/mol. The van der Waals surface area contributed by atoms with E-state index in [1.165, 1.54) is 199 Å². The number of amides is 1. The number of unbranched alkanes of at least 4 members (excludes halogenated alkanes) is 34. The molecule has 0 saturated carbocycles. The molecule has 0 rings (SSSR count). The molecule has 0 saturated heterocycles. The van der Waals surface area contributed by atoms with Crippen molar-refractivity contribution in [1.29, 1.82) is 0 Å². The van der Waals surface area contributed by atoms with Crippen molar-refractivity contribution < 1.29 is 32.9 Å². The van der Waals surface area contributed by atoms with Crippen LogP contribution >= 0.6 is 7.82 Å². The third-order valence-corrected chi connectivity index (χ3v) is 14.0. The molecule has 0 aromatic carbocycles. The second-order valence-corrected chi connectivity index (χ2v) is 22.4. The number of quaternary nitrogens is 1. The first-order chi connectivity index (χ1) is 33.0. The van der Waals surface area contributed by atoms with Crippen molar-refractivity contribution in [3.05, 3.63) is 48.6 Å². The number of phosphoric ester groups is 1. The molecule has 3 atom stereocenters. The Labute approximate surface area is 422 Å². The fourth-order valence-electron chi connectivity index (χ4n) is 8.46. The summed E-state index contributed by atoms with van der Waals surface area (Å²) < 4.78 is 23.4. The molecule has 0 radical (unpaired) electrons. The van der Waals surface area contributed by atoms with E-state index in [4.69, 9.17) is 9.05 Å². The van der Waals surface area contributed by atoms with Crippen molar-refractivity contribution in [2.24, 2.45) is 0 Å². The summed E-state index contributed by atoms with van der Waals surface area (Å²) in [7, 11) is 1.26. The van der Waals surface area contributed by atoms with Gasteiger partial charge in [-0.3, -0.25) is 9.36 Å². The highest BCUT2D eigenvalue weighted by Gasteiger charge is 2.23. The highest BCUT2D eigenvalue weighted by molar-refractivity contribution is 7.45. The van der Waals surface area contributed by atoms with Crippen LogP contribution in [-0.4, -0.2) is 68.5 Å². The van der Waals surface area contributed by atoms with Crippen LogP contribution in [0.1, 0.15) is 271 Å². The molecule has 68 heavy (non-hydrogen) atoms. The molecule has 3 unspecified atom stereocenters. The minimum atomic E-state index is -4.60. The van der Waals surface area contributed by atoms with Crippen molar-refractivity contribution >= 4 is 13.7 Å². The zero-order chi connectivity index (χ0) is 49.9. The number of aliphatic hydroxyl groups excluding tert-OH is 1. The Morgan fingerprint density at radius 2 is 0.853 bits per heavy atom. The van der Waals surface area contributed by atoms with Gasteiger partial charge in [0, 0.05) is 6.42 Å². The van der Waals surface area contributed by atoms with Crippen molar-refractivity contribution in [3.8, 4) is 0 Å². The molecule has 0 bridgehead atoms. The minimum Gasteiger partial charge on any atom is -0.756 e. The fourth-order valence-corrected chi connectivity index (χ4v) is 9.18. The summed E-state index contributed by atoms with van der Waals surface area (Å²) in [4.78, 5) is 25.5. The number of likely N-dealkylation sites (N-methyl/N-ethyl adjacent to an activating group) is 1. The standard InChI is InChI=1S/C59H113N2O6P/c1-6-8-10-12-14-16-18-20-22-24-26-27-28-29-30-31-32-33-35-37-39-41-43-45-47-49-51-53-59(63)60-57(56-67-68(64,65)66-55-54-61(3,4)5)58(62)52-50-48-46-44-42-40-38-36-34-25-23-21-19-17-15-13-11-9-7-2/h18,20,24,26,28-29,50,52,57-58,62H,6-17,19,21-23,25,27,30-49,51,53-56H2,1-5H3,(H-,60,63,64,65)/b20-18-,26-24-,29-28-,52-50+. The molecule has 1 amide bonds. The lowest BCUT2D eigenvalue weighted by atomic mass is 10.0. The topological polar surface area (TPSA) is 108 Å². The van der Waals surface area contributed by atoms with Crippen LogP contribution in [0.15, 0.2) is 48.6 Å². The number of nitrogens with one attached hydrogen (secondary N) is 1. The largest absolute Gasteiger partial charge is 0.756 e. The van der Waals surface area contributed by atoms with Gasteiger partial charge in [-0.1, -0.05) is 255 Å². The monoisotopic (exact) mass is 977 g/mol. The van der Waals surface area contributed by atoms with Crippen LogP contribution < -0.4 is 10.2 Å². The highest BCUT2D eigenvalue weighted by atomic mass is 31.2. The number of carbonyl (C=O) groups excluding carboxylic acids is 1. The summed E-state index contributed by atoms with van der Waals surface area (Å²) in [6.45, 7) is 4.66. The van der Waals surface area contributed by atoms with Crippen LogP contribution in [0.5, 0.6) is 0 Å². The van der Waals surface area contributed by atoms with Crippen molar-refractivity contribution in [2.75, 3.05) is 40.9 Å². The molecule has 0 aliphatic rings. The number of carbonyl (C=O) groups is 1. The number of rotatable bonds is 53. The van der Waals surface area contributed by atoms with Gasteiger partial charge in [-0.15, -0.1) is 0 Å². The third-order valence-electron chi connectivity index (χ3n) is 13.0. The van der Waals surface area contributed by atoms with E-state index >= 15 is 0 Å². The zero-order valence-electron chi connectivity index (χ0n) is 45.6. The second-order valence-electron chi connectivity index (χ2n) is 21.0. The SMILES string of the molecule is CCCCCCC/C=C\C/C=C\C/C=C\CCCCCCCCCCCCCCC(=O)NC(COP(=O)([O-])OCC[N+](C)(C)C)C(O)/C=C/CCCCCCCCCCCCCCCCCCC. The van der Waals surface area contributed by atoms with Gasteiger partial charge in [0.15, 0.2) is 0 Å². The van der Waals surface area contributed by atoms with E-state index in [0.717, 1.165) is 51.4 Å². The third kappa shape index (κ3) is 52.3. The molecule has 0 spiro atoms. The Hall–Kier alpha value is -1.54. The van der Waals surface area contributed by atoms with Gasteiger partial charge >= 0.3 is 0 Å². The Bertz CT molecular complexity index is 1250. The number of phosphoric acid groups is 1. The van der Waals surface area contributed by atoms with Crippen LogP contribution in [0.25, 0.3) is 0 Å². The van der Waals surface area contributed by atoms with E-state index in [-0.39, 0.29) is 19.1 Å². The Balaban J connectivity index is 4.20. The lowest BCUT2D eigenvalue weighted by Crippen LogP contribution is -2.45. The van der Waals surface area contributed by atoms with Crippen LogP contribution in [0.4, 0.5) is 0 Å². The lowest BCUT2D eigenvalue weighted by Gasteiger charge is -2.29. The van der Waals surface area contributed by atoms with E-state index in [9.17, 15) is 19.4 Å². The van der Waals surface area contributed by atoms with Crippen LogP contribution in [-0.2, 0) is 18.4 Å². The van der Waals surface area contributed by atoms with Crippen LogP contribution in [0.2, 0.25) is 0 Å². The lowest BCUT2D eigenvalue weighted by molar-refractivity contribution is -0.870. The molecule has 0 aromatic heterocycles. The highest BCUT2D eigenvalue weighted by Crippen LogP contribution is 2.38. The summed E-state index contributed by atoms with van der Waals surface area (Å²) in [6, 6.07) is -0.889. The Morgan fingerprint density at radius 1 is 0.515 bits per heavy atom. The number of hydrogen-bond donors (Lipinski definition) is 2. The van der Waals surface area contributed by atoms with Gasteiger partial charge in [0.2, 0.25) is 5.91 Å². The Kier molecular flexibility index (Phi) is 49.3. The first kappa shape index (κ1) is 66.5. The molecule has 0 fully saturated rings. The molecule has 0 aliphatic carbocycles. The summed E-state index contributed by atoms with van der Waals surface area (Å²) in [6.07, 6.45) is 66.1. The molecule has 0 aliphatic heterocycles. The van der Waals surface area contributed by atoms with Crippen molar-refractivity contribution in [1.82, 2.24) is 5.32 Å². The van der Waals surface area contributed by atoms with E-state index in [1.807, 2.05) is 27.2 Å².